The summed E-state index contributed by atoms with van der Waals surface area (Å²) in [5.74, 6) is -0.410. The number of benzene rings is 3. The molecule has 1 fully saturated rings. The first kappa shape index (κ1) is 26.3. The number of amides is 1. The van der Waals surface area contributed by atoms with E-state index in [1.165, 1.54) is 0 Å². The smallest absolute Gasteiger partial charge is 0.338 e. The van der Waals surface area contributed by atoms with Gasteiger partial charge in [0.1, 0.15) is 0 Å². The van der Waals surface area contributed by atoms with Gasteiger partial charge >= 0.3 is 5.97 Å². The van der Waals surface area contributed by atoms with Gasteiger partial charge in [0.2, 0.25) is 0 Å². The average Bonchev–Trinajstić information content (AvgIpc) is 2.90. The molecule has 0 aliphatic carbocycles. The summed E-state index contributed by atoms with van der Waals surface area (Å²) in [5, 5.41) is 1.56. The molecular formula is C28H27Cl3N2O3. The van der Waals surface area contributed by atoms with E-state index in [4.69, 9.17) is 39.5 Å². The predicted molar refractivity (Wildman–Crippen MR) is 146 cm³/mol. The zero-order valence-electron chi connectivity index (χ0n) is 20.1. The van der Waals surface area contributed by atoms with Gasteiger partial charge in [-0.15, -0.1) is 0 Å². The zero-order valence-corrected chi connectivity index (χ0v) is 22.4. The quantitative estimate of drug-likeness (QED) is 0.314. The number of carbonyl (C=O) groups is 2. The third kappa shape index (κ3) is 5.80. The molecule has 4 rings (SSSR count). The van der Waals surface area contributed by atoms with Crippen molar-refractivity contribution in [3.05, 3.63) is 98.5 Å². The Balaban J connectivity index is 1.61. The zero-order chi connectivity index (χ0) is 25.8. The number of halogens is 3. The Morgan fingerprint density at radius 1 is 0.944 bits per heavy atom. The van der Waals surface area contributed by atoms with E-state index in [1.54, 1.807) is 49.4 Å². The molecule has 36 heavy (non-hydrogen) atoms. The molecule has 1 aliphatic rings. The van der Waals surface area contributed by atoms with Crippen LogP contribution in [0.25, 0.3) is 0 Å². The largest absolute Gasteiger partial charge is 0.462 e. The minimum atomic E-state index is -0.334. The first-order valence-corrected chi connectivity index (χ1v) is 12.9. The normalized spacial score (nSPS) is 17.5. The molecule has 0 radical (unpaired) electrons. The number of hydrogen-bond acceptors (Lipinski definition) is 4. The molecule has 2 unspecified atom stereocenters. The van der Waals surface area contributed by atoms with Gasteiger partial charge in [0.25, 0.3) is 5.91 Å². The van der Waals surface area contributed by atoms with Crippen molar-refractivity contribution < 1.29 is 14.3 Å². The molecule has 188 valence electrons. The molecule has 8 heteroatoms. The molecular weight excluding hydrogens is 519 g/mol. The Morgan fingerprint density at radius 3 is 2.25 bits per heavy atom. The number of anilines is 1. The van der Waals surface area contributed by atoms with E-state index in [-0.39, 0.29) is 23.8 Å². The fraction of sp³-hybridized carbons (Fsp3) is 0.286. The Kier molecular flexibility index (Phi) is 8.45. The molecule has 0 N–H and O–H groups in total. The highest BCUT2D eigenvalue weighted by Crippen LogP contribution is 2.36. The van der Waals surface area contributed by atoms with Crippen molar-refractivity contribution in [2.45, 2.75) is 25.3 Å². The molecule has 0 bridgehead atoms. The summed E-state index contributed by atoms with van der Waals surface area (Å²) in [5.41, 5.74) is 3.12. The molecule has 0 saturated carbocycles. The number of likely N-dealkylation sites (N-methyl/N-ethyl adjacent to an activating group) is 1. The van der Waals surface area contributed by atoms with Crippen LogP contribution in [0.2, 0.25) is 15.1 Å². The molecule has 1 heterocycles. The second-order valence-corrected chi connectivity index (χ2v) is 10.0. The topological polar surface area (TPSA) is 49.9 Å². The molecule has 1 aliphatic heterocycles. The van der Waals surface area contributed by atoms with Gasteiger partial charge < -0.3 is 14.5 Å². The third-order valence-corrected chi connectivity index (χ3v) is 7.59. The minimum Gasteiger partial charge on any atom is -0.462 e. The van der Waals surface area contributed by atoms with E-state index in [0.717, 1.165) is 24.2 Å². The van der Waals surface area contributed by atoms with Crippen LogP contribution in [0.4, 0.5) is 5.69 Å². The lowest BCUT2D eigenvalue weighted by Crippen LogP contribution is -2.50. The van der Waals surface area contributed by atoms with Crippen molar-refractivity contribution in [3.63, 3.8) is 0 Å². The second kappa shape index (κ2) is 11.5. The van der Waals surface area contributed by atoms with Crippen molar-refractivity contribution in [1.82, 2.24) is 4.90 Å². The van der Waals surface area contributed by atoms with Crippen LogP contribution >= 0.6 is 34.8 Å². The maximum Gasteiger partial charge on any atom is 0.338 e. The van der Waals surface area contributed by atoms with Crippen LogP contribution in [-0.2, 0) is 4.74 Å². The van der Waals surface area contributed by atoms with Crippen LogP contribution in [0.3, 0.4) is 0 Å². The monoisotopic (exact) mass is 544 g/mol. The van der Waals surface area contributed by atoms with E-state index in [9.17, 15) is 9.59 Å². The van der Waals surface area contributed by atoms with Gasteiger partial charge in [-0.05, 0) is 79.6 Å². The highest BCUT2D eigenvalue weighted by Gasteiger charge is 2.35. The van der Waals surface area contributed by atoms with Gasteiger partial charge in [-0.2, -0.15) is 0 Å². The van der Waals surface area contributed by atoms with E-state index in [1.807, 2.05) is 36.2 Å². The van der Waals surface area contributed by atoms with Crippen LogP contribution in [0, 0.1) is 0 Å². The van der Waals surface area contributed by atoms with Gasteiger partial charge in [-0.1, -0.05) is 40.9 Å². The maximum absolute atomic E-state index is 13.3. The lowest BCUT2D eigenvalue weighted by Gasteiger charge is -2.44. The van der Waals surface area contributed by atoms with E-state index < -0.39 is 0 Å². The van der Waals surface area contributed by atoms with Crippen molar-refractivity contribution >= 4 is 52.4 Å². The Morgan fingerprint density at radius 2 is 1.61 bits per heavy atom. The van der Waals surface area contributed by atoms with E-state index in [2.05, 4.69) is 4.90 Å². The van der Waals surface area contributed by atoms with Gasteiger partial charge in [-0.3, -0.25) is 4.79 Å². The van der Waals surface area contributed by atoms with Crippen LogP contribution in [-0.4, -0.2) is 49.6 Å². The van der Waals surface area contributed by atoms with Crippen molar-refractivity contribution in [1.29, 1.82) is 0 Å². The lowest BCUT2D eigenvalue weighted by atomic mass is 9.84. The summed E-state index contributed by atoms with van der Waals surface area (Å²) in [6, 6.07) is 20.0. The summed E-state index contributed by atoms with van der Waals surface area (Å²) in [7, 11) is 1.84. The highest BCUT2D eigenvalue weighted by atomic mass is 35.5. The first-order valence-electron chi connectivity index (χ1n) is 11.8. The van der Waals surface area contributed by atoms with Crippen LogP contribution in [0.1, 0.15) is 45.5 Å². The number of nitrogens with zero attached hydrogens (tertiary/aromatic N) is 2. The number of carbonyl (C=O) groups excluding carboxylic acids is 2. The van der Waals surface area contributed by atoms with Crippen molar-refractivity contribution in [3.8, 4) is 0 Å². The molecule has 0 aromatic heterocycles. The summed E-state index contributed by atoms with van der Waals surface area (Å²) in [6.45, 7) is 3.54. The molecule has 1 amide bonds. The van der Waals surface area contributed by atoms with Crippen molar-refractivity contribution in [2.75, 3.05) is 31.6 Å². The fourth-order valence-electron chi connectivity index (χ4n) is 4.68. The van der Waals surface area contributed by atoms with Crippen LogP contribution in [0.15, 0.2) is 66.7 Å². The molecule has 3 aromatic rings. The summed E-state index contributed by atoms with van der Waals surface area (Å²) in [4.78, 5) is 29.5. The standard InChI is InChI=1S/C28H27Cl3N2O3/c1-3-36-28(35)19-6-11-22(12-7-19)33-15-14-26(23(17-33)20-8-13-24(30)25(31)16-20)32(2)27(34)18-4-9-21(29)10-5-18/h4-13,16,23,26H,3,14-15,17H2,1-2H3. The summed E-state index contributed by atoms with van der Waals surface area (Å²) in [6.07, 6.45) is 0.750. The maximum atomic E-state index is 13.3. The van der Waals surface area contributed by atoms with Gasteiger partial charge in [0.05, 0.1) is 22.2 Å². The number of ether oxygens (including phenoxy) is 1. The summed E-state index contributed by atoms with van der Waals surface area (Å²) < 4.78 is 5.09. The molecule has 3 aromatic carbocycles. The number of esters is 1. The molecule has 0 spiro atoms. The molecule has 2 atom stereocenters. The first-order chi connectivity index (χ1) is 17.3. The Bertz CT molecular complexity index is 1230. The van der Waals surface area contributed by atoms with Crippen LogP contribution < -0.4 is 4.90 Å². The van der Waals surface area contributed by atoms with Gasteiger partial charge in [0, 0.05) is 48.4 Å². The predicted octanol–water partition coefficient (Wildman–Crippen LogP) is 6.96. The number of piperidine rings is 1. The highest BCUT2D eigenvalue weighted by molar-refractivity contribution is 6.42. The SMILES string of the molecule is CCOC(=O)c1ccc(N2CCC(N(C)C(=O)c3ccc(Cl)cc3)C(c3ccc(Cl)c(Cl)c3)C2)cc1. The van der Waals surface area contributed by atoms with Gasteiger partial charge in [0.15, 0.2) is 0 Å². The average molecular weight is 546 g/mol. The Hall–Kier alpha value is -2.73. The number of rotatable bonds is 6. The van der Waals surface area contributed by atoms with E-state index >= 15 is 0 Å². The molecule has 5 nitrogen and oxygen atoms in total. The minimum absolute atomic E-state index is 0.0144. The van der Waals surface area contributed by atoms with Crippen molar-refractivity contribution in [2.24, 2.45) is 0 Å². The Labute approximate surface area is 226 Å². The van der Waals surface area contributed by atoms with E-state index in [0.29, 0.717) is 39.3 Å². The number of hydrogen-bond donors (Lipinski definition) is 0. The van der Waals surface area contributed by atoms with Gasteiger partial charge in [-0.25, -0.2) is 4.79 Å². The second-order valence-electron chi connectivity index (χ2n) is 8.77. The third-order valence-electron chi connectivity index (χ3n) is 6.60. The lowest BCUT2D eigenvalue weighted by molar-refractivity contribution is 0.0526. The fourth-order valence-corrected chi connectivity index (χ4v) is 5.11. The van der Waals surface area contributed by atoms with Crippen LogP contribution in [0.5, 0.6) is 0 Å². The molecule has 1 saturated heterocycles. The summed E-state index contributed by atoms with van der Waals surface area (Å²) >= 11 is 18.6.